The number of ether oxygens (including phenoxy) is 1. The van der Waals surface area contributed by atoms with E-state index in [4.69, 9.17) is 16.3 Å². The molecule has 10 heteroatoms. The van der Waals surface area contributed by atoms with Crippen LogP contribution in [0.15, 0.2) is 66.7 Å². The van der Waals surface area contributed by atoms with Crippen LogP contribution in [0.5, 0.6) is 6.01 Å². The van der Waals surface area contributed by atoms with Crippen LogP contribution in [0, 0.1) is 17.0 Å². The Morgan fingerprint density at radius 1 is 1.09 bits per heavy atom. The number of rotatable bonds is 6. The number of halogens is 1. The quantitative estimate of drug-likeness (QED) is 0.315. The number of amides is 1. The van der Waals surface area contributed by atoms with Crippen LogP contribution in [0.1, 0.15) is 15.9 Å². The molecule has 33 heavy (non-hydrogen) atoms. The zero-order valence-corrected chi connectivity index (χ0v) is 18.4. The molecule has 1 heterocycles. The van der Waals surface area contributed by atoms with E-state index in [1.807, 2.05) is 31.2 Å². The molecule has 0 radical (unpaired) electrons. The highest BCUT2D eigenvalue weighted by atomic mass is 35.5. The SMILES string of the molecule is COc1nc(-c2ccc(C)cc2)n(-c2ccc(NC(=O)c3ccc(Cl)c([N+](=O)[O-])c3)cc2)n1. The summed E-state index contributed by atoms with van der Waals surface area (Å²) in [5.41, 5.74) is 3.01. The third-order valence-electron chi connectivity index (χ3n) is 4.85. The number of hydrogen-bond acceptors (Lipinski definition) is 6. The number of nitrogens with zero attached hydrogens (tertiary/aromatic N) is 4. The smallest absolute Gasteiger partial charge is 0.336 e. The van der Waals surface area contributed by atoms with Crippen LogP contribution in [0.3, 0.4) is 0 Å². The molecular formula is C23H18ClN5O4. The van der Waals surface area contributed by atoms with Crippen molar-refractivity contribution in [3.05, 3.63) is 93.0 Å². The molecule has 3 aromatic carbocycles. The monoisotopic (exact) mass is 463 g/mol. The molecule has 4 rings (SSSR count). The predicted octanol–water partition coefficient (Wildman–Crippen LogP) is 5.07. The van der Waals surface area contributed by atoms with Gasteiger partial charge in [-0.2, -0.15) is 4.98 Å². The summed E-state index contributed by atoms with van der Waals surface area (Å²) < 4.78 is 6.86. The van der Waals surface area contributed by atoms with Gasteiger partial charge < -0.3 is 10.1 Å². The average molecular weight is 464 g/mol. The third-order valence-corrected chi connectivity index (χ3v) is 5.17. The molecule has 4 aromatic rings. The van der Waals surface area contributed by atoms with E-state index < -0.39 is 10.8 Å². The summed E-state index contributed by atoms with van der Waals surface area (Å²) in [6.07, 6.45) is 0. The fourth-order valence-corrected chi connectivity index (χ4v) is 3.32. The lowest BCUT2D eigenvalue weighted by Gasteiger charge is -2.09. The first-order chi connectivity index (χ1) is 15.9. The van der Waals surface area contributed by atoms with Crippen LogP contribution >= 0.6 is 11.6 Å². The Kier molecular flexibility index (Phi) is 6.05. The van der Waals surface area contributed by atoms with Crippen LogP contribution in [-0.4, -0.2) is 32.7 Å². The van der Waals surface area contributed by atoms with Crippen LogP contribution in [0.4, 0.5) is 11.4 Å². The van der Waals surface area contributed by atoms with Gasteiger partial charge in [-0.05, 0) is 43.3 Å². The van der Waals surface area contributed by atoms with E-state index in [0.29, 0.717) is 17.2 Å². The van der Waals surface area contributed by atoms with Gasteiger partial charge in [-0.1, -0.05) is 41.4 Å². The summed E-state index contributed by atoms with van der Waals surface area (Å²) in [5, 5.41) is 18.1. The summed E-state index contributed by atoms with van der Waals surface area (Å²) in [5.74, 6) is 0.113. The molecule has 0 aliphatic carbocycles. The molecule has 0 saturated carbocycles. The van der Waals surface area contributed by atoms with Crippen molar-refractivity contribution in [3.8, 4) is 23.1 Å². The lowest BCUT2D eigenvalue weighted by Crippen LogP contribution is -2.12. The zero-order chi connectivity index (χ0) is 23.5. The maximum Gasteiger partial charge on any atom is 0.336 e. The van der Waals surface area contributed by atoms with E-state index >= 15 is 0 Å². The average Bonchev–Trinajstić information content (AvgIpc) is 3.24. The molecule has 166 valence electrons. The summed E-state index contributed by atoms with van der Waals surface area (Å²) in [6, 6.07) is 18.9. The first-order valence-corrected chi connectivity index (χ1v) is 10.2. The van der Waals surface area contributed by atoms with Gasteiger partial charge in [0, 0.05) is 22.9 Å². The topological polar surface area (TPSA) is 112 Å². The lowest BCUT2D eigenvalue weighted by molar-refractivity contribution is -0.384. The van der Waals surface area contributed by atoms with Crippen molar-refractivity contribution in [1.82, 2.24) is 14.8 Å². The number of methoxy groups -OCH3 is 1. The number of hydrogen-bond donors (Lipinski definition) is 1. The minimum absolute atomic E-state index is 0.0338. The summed E-state index contributed by atoms with van der Waals surface area (Å²) in [4.78, 5) is 27.4. The highest BCUT2D eigenvalue weighted by molar-refractivity contribution is 6.32. The molecule has 0 aliphatic heterocycles. The van der Waals surface area contributed by atoms with Gasteiger partial charge in [0.1, 0.15) is 5.02 Å². The first kappa shape index (κ1) is 22.0. The van der Waals surface area contributed by atoms with Crippen molar-refractivity contribution in [2.45, 2.75) is 6.92 Å². The van der Waals surface area contributed by atoms with E-state index in [0.717, 1.165) is 17.2 Å². The van der Waals surface area contributed by atoms with Crippen LogP contribution in [-0.2, 0) is 0 Å². The fraction of sp³-hybridized carbons (Fsp3) is 0.0870. The van der Waals surface area contributed by atoms with Gasteiger partial charge in [0.15, 0.2) is 5.82 Å². The Labute approximate surface area is 193 Å². The van der Waals surface area contributed by atoms with Crippen LogP contribution in [0.25, 0.3) is 17.1 Å². The number of carbonyl (C=O) groups excluding carboxylic acids is 1. The van der Waals surface area contributed by atoms with Crippen molar-refractivity contribution < 1.29 is 14.5 Å². The highest BCUT2D eigenvalue weighted by Crippen LogP contribution is 2.27. The van der Waals surface area contributed by atoms with E-state index in [1.54, 1.807) is 28.9 Å². The van der Waals surface area contributed by atoms with Crippen molar-refractivity contribution in [1.29, 1.82) is 0 Å². The number of aromatic nitrogens is 3. The van der Waals surface area contributed by atoms with Crippen molar-refractivity contribution in [2.24, 2.45) is 0 Å². The van der Waals surface area contributed by atoms with E-state index in [-0.39, 0.29) is 22.3 Å². The standard InChI is InChI=1S/C23H18ClN5O4/c1-14-3-5-15(6-4-14)21-26-23(33-2)27-28(21)18-10-8-17(9-11-18)25-22(30)16-7-12-19(24)20(13-16)29(31)32/h3-13H,1-2H3,(H,25,30). The maximum absolute atomic E-state index is 12.5. The number of aryl methyl sites for hydroxylation is 1. The Morgan fingerprint density at radius 2 is 1.79 bits per heavy atom. The molecule has 0 aliphatic rings. The molecule has 1 aromatic heterocycles. The van der Waals surface area contributed by atoms with Crippen molar-refractivity contribution in [2.75, 3.05) is 12.4 Å². The van der Waals surface area contributed by atoms with Crippen LogP contribution < -0.4 is 10.1 Å². The number of benzene rings is 3. The van der Waals surface area contributed by atoms with E-state index in [2.05, 4.69) is 15.4 Å². The molecule has 1 amide bonds. The van der Waals surface area contributed by atoms with Gasteiger partial charge in [0.2, 0.25) is 0 Å². The van der Waals surface area contributed by atoms with E-state index in [9.17, 15) is 14.9 Å². The molecule has 0 saturated heterocycles. The molecule has 9 nitrogen and oxygen atoms in total. The van der Waals surface area contributed by atoms with Crippen molar-refractivity contribution >= 4 is 28.9 Å². The number of nitro groups is 1. The Bertz CT molecular complexity index is 1330. The minimum Gasteiger partial charge on any atom is -0.466 e. The van der Waals surface area contributed by atoms with Crippen molar-refractivity contribution in [3.63, 3.8) is 0 Å². The molecular weight excluding hydrogens is 446 g/mol. The van der Waals surface area contributed by atoms with Crippen LogP contribution in [0.2, 0.25) is 5.02 Å². The molecule has 0 fully saturated rings. The Balaban J connectivity index is 1.59. The van der Waals surface area contributed by atoms with Gasteiger partial charge in [-0.25, -0.2) is 4.68 Å². The van der Waals surface area contributed by atoms with Gasteiger partial charge >= 0.3 is 6.01 Å². The second kappa shape index (κ2) is 9.09. The minimum atomic E-state index is -0.633. The molecule has 1 N–H and O–H groups in total. The maximum atomic E-state index is 12.5. The highest BCUT2D eigenvalue weighted by Gasteiger charge is 2.17. The normalized spacial score (nSPS) is 10.6. The molecule has 0 spiro atoms. The molecule has 0 unspecified atom stereocenters. The zero-order valence-electron chi connectivity index (χ0n) is 17.7. The number of nitrogens with one attached hydrogen (secondary N) is 1. The Morgan fingerprint density at radius 3 is 2.42 bits per heavy atom. The number of carbonyl (C=O) groups is 1. The largest absolute Gasteiger partial charge is 0.466 e. The second-order valence-corrected chi connectivity index (χ2v) is 7.53. The first-order valence-electron chi connectivity index (χ1n) is 9.79. The van der Waals surface area contributed by atoms with E-state index in [1.165, 1.54) is 19.2 Å². The molecule has 0 bridgehead atoms. The second-order valence-electron chi connectivity index (χ2n) is 7.12. The van der Waals surface area contributed by atoms with Gasteiger partial charge in [0.25, 0.3) is 11.6 Å². The number of anilines is 1. The van der Waals surface area contributed by atoms with Gasteiger partial charge in [0.05, 0.1) is 17.7 Å². The van der Waals surface area contributed by atoms with Gasteiger partial charge in [-0.15, -0.1) is 5.10 Å². The summed E-state index contributed by atoms with van der Waals surface area (Å²) in [7, 11) is 1.50. The predicted molar refractivity (Wildman–Crippen MR) is 124 cm³/mol. The lowest BCUT2D eigenvalue weighted by atomic mass is 10.1. The third kappa shape index (κ3) is 4.68. The summed E-state index contributed by atoms with van der Waals surface area (Å²) >= 11 is 5.81. The molecule has 0 atom stereocenters. The summed E-state index contributed by atoms with van der Waals surface area (Å²) in [6.45, 7) is 2.00. The fourth-order valence-electron chi connectivity index (χ4n) is 3.13. The number of nitro benzene ring substituents is 1. The Hall–Kier alpha value is -4.24. The van der Waals surface area contributed by atoms with Gasteiger partial charge in [-0.3, -0.25) is 14.9 Å².